The summed E-state index contributed by atoms with van der Waals surface area (Å²) >= 11 is 3.33. The van der Waals surface area contributed by atoms with Crippen LogP contribution in [-0.2, 0) is 5.75 Å². The lowest BCUT2D eigenvalue weighted by molar-refractivity contribution is 0.289. The maximum absolute atomic E-state index is 8.80. The molecule has 0 spiro atoms. The third-order valence-corrected chi connectivity index (χ3v) is 4.18. The van der Waals surface area contributed by atoms with Gasteiger partial charge in [0.05, 0.1) is 11.3 Å². The molecule has 6 heteroatoms. The summed E-state index contributed by atoms with van der Waals surface area (Å²) in [6.07, 6.45) is 0.792. The maximum atomic E-state index is 8.80. The van der Waals surface area contributed by atoms with Crippen LogP contribution >= 0.6 is 23.1 Å². The summed E-state index contributed by atoms with van der Waals surface area (Å²) in [5.74, 6) is 2.01. The van der Waals surface area contributed by atoms with Crippen molar-refractivity contribution >= 4 is 23.1 Å². The van der Waals surface area contributed by atoms with Crippen LogP contribution in [0.1, 0.15) is 19.2 Å². The minimum absolute atomic E-state index is 0.223. The summed E-state index contributed by atoms with van der Waals surface area (Å²) in [6, 6.07) is 1.96. The van der Waals surface area contributed by atoms with Crippen molar-refractivity contribution in [2.75, 3.05) is 6.61 Å². The zero-order valence-corrected chi connectivity index (χ0v) is 11.1. The monoisotopic (exact) mass is 270 g/mol. The van der Waals surface area contributed by atoms with Crippen molar-refractivity contribution in [3.63, 3.8) is 0 Å². The van der Waals surface area contributed by atoms with Crippen LogP contribution in [0, 0.1) is 0 Å². The number of thiophene rings is 1. The molecular weight excluding hydrogens is 256 g/mol. The summed E-state index contributed by atoms with van der Waals surface area (Å²) in [4.78, 5) is 4.33. The third-order valence-electron chi connectivity index (χ3n) is 2.27. The molecule has 1 unspecified atom stereocenters. The molecule has 2 aromatic heterocycles. The van der Waals surface area contributed by atoms with E-state index in [-0.39, 0.29) is 6.61 Å². The van der Waals surface area contributed by atoms with Gasteiger partial charge in [-0.1, -0.05) is 12.1 Å². The fraction of sp³-hybridized carbons (Fsp3) is 0.455. The SMILES string of the molecule is CC(CCO)SCc1noc(-c2ccsc2)n1. The molecule has 2 aromatic rings. The molecule has 2 rings (SSSR count). The molecule has 2 heterocycles. The van der Waals surface area contributed by atoms with Gasteiger partial charge in [-0.15, -0.1) is 0 Å². The largest absolute Gasteiger partial charge is 0.396 e. The molecule has 1 N–H and O–H groups in total. The number of hydrogen-bond acceptors (Lipinski definition) is 6. The Labute approximate surface area is 108 Å². The predicted molar refractivity (Wildman–Crippen MR) is 70.1 cm³/mol. The second-order valence-electron chi connectivity index (χ2n) is 3.66. The minimum Gasteiger partial charge on any atom is -0.396 e. The van der Waals surface area contributed by atoms with E-state index in [4.69, 9.17) is 9.63 Å². The van der Waals surface area contributed by atoms with Gasteiger partial charge >= 0.3 is 0 Å². The number of thioether (sulfide) groups is 1. The summed E-state index contributed by atoms with van der Waals surface area (Å²) < 4.78 is 5.18. The Kier molecular flexibility index (Phi) is 4.58. The molecule has 0 saturated heterocycles. The fourth-order valence-corrected chi connectivity index (χ4v) is 2.75. The average molecular weight is 270 g/mol. The van der Waals surface area contributed by atoms with Crippen LogP contribution in [0.2, 0.25) is 0 Å². The van der Waals surface area contributed by atoms with Crippen LogP contribution in [-0.4, -0.2) is 27.1 Å². The van der Waals surface area contributed by atoms with E-state index >= 15 is 0 Å². The summed E-state index contributed by atoms with van der Waals surface area (Å²) in [6.45, 7) is 2.31. The van der Waals surface area contributed by atoms with E-state index in [0.717, 1.165) is 17.7 Å². The van der Waals surface area contributed by atoms with Crippen molar-refractivity contribution in [2.45, 2.75) is 24.3 Å². The highest BCUT2D eigenvalue weighted by Gasteiger charge is 2.10. The Morgan fingerprint density at radius 2 is 2.47 bits per heavy atom. The molecule has 0 aliphatic heterocycles. The van der Waals surface area contributed by atoms with Gasteiger partial charge in [0, 0.05) is 17.2 Å². The van der Waals surface area contributed by atoms with Crippen molar-refractivity contribution in [3.8, 4) is 11.5 Å². The first-order chi connectivity index (χ1) is 8.29. The maximum Gasteiger partial charge on any atom is 0.258 e. The van der Waals surface area contributed by atoms with Crippen LogP contribution in [0.4, 0.5) is 0 Å². The first-order valence-corrected chi connectivity index (χ1v) is 7.36. The van der Waals surface area contributed by atoms with Crippen LogP contribution < -0.4 is 0 Å². The van der Waals surface area contributed by atoms with Gasteiger partial charge < -0.3 is 9.63 Å². The van der Waals surface area contributed by atoms with Gasteiger partial charge in [-0.05, 0) is 17.9 Å². The highest BCUT2D eigenvalue weighted by Crippen LogP contribution is 2.22. The van der Waals surface area contributed by atoms with Gasteiger partial charge in [-0.3, -0.25) is 0 Å². The number of hydrogen-bond donors (Lipinski definition) is 1. The Morgan fingerprint density at radius 3 is 3.18 bits per heavy atom. The molecular formula is C11H14N2O2S2. The molecule has 0 saturated carbocycles. The third kappa shape index (κ3) is 3.55. The van der Waals surface area contributed by atoms with E-state index in [9.17, 15) is 0 Å². The Balaban J connectivity index is 1.91. The van der Waals surface area contributed by atoms with Gasteiger partial charge in [0.25, 0.3) is 5.89 Å². The van der Waals surface area contributed by atoms with E-state index in [1.807, 2.05) is 16.8 Å². The van der Waals surface area contributed by atoms with Crippen molar-refractivity contribution in [2.24, 2.45) is 0 Å². The molecule has 4 nitrogen and oxygen atoms in total. The Morgan fingerprint density at radius 1 is 1.59 bits per heavy atom. The number of aromatic nitrogens is 2. The van der Waals surface area contributed by atoms with Crippen molar-refractivity contribution < 1.29 is 9.63 Å². The number of aliphatic hydroxyl groups is 1. The van der Waals surface area contributed by atoms with Crippen molar-refractivity contribution in [1.82, 2.24) is 10.1 Å². The molecule has 0 aliphatic rings. The summed E-state index contributed by atoms with van der Waals surface area (Å²) in [5, 5.41) is 17.1. The number of nitrogens with zero attached hydrogens (tertiary/aromatic N) is 2. The van der Waals surface area contributed by atoms with Crippen LogP contribution in [0.25, 0.3) is 11.5 Å². The van der Waals surface area contributed by atoms with E-state index in [2.05, 4.69) is 17.1 Å². The van der Waals surface area contributed by atoms with Gasteiger partial charge in [-0.2, -0.15) is 28.1 Å². The summed E-state index contributed by atoms with van der Waals surface area (Å²) in [7, 11) is 0. The molecule has 0 aliphatic carbocycles. The van der Waals surface area contributed by atoms with Crippen molar-refractivity contribution in [3.05, 3.63) is 22.7 Å². The first kappa shape index (κ1) is 12.6. The molecule has 1 atom stereocenters. The van der Waals surface area contributed by atoms with Gasteiger partial charge in [0.1, 0.15) is 0 Å². The lowest BCUT2D eigenvalue weighted by Gasteiger charge is -2.06. The van der Waals surface area contributed by atoms with Crippen LogP contribution in [0.15, 0.2) is 21.3 Å². The minimum atomic E-state index is 0.223. The molecule has 0 fully saturated rings. The zero-order chi connectivity index (χ0) is 12.1. The second kappa shape index (κ2) is 6.18. The molecule has 0 amide bonds. The molecule has 17 heavy (non-hydrogen) atoms. The van der Waals surface area contributed by atoms with E-state index in [1.54, 1.807) is 23.1 Å². The quantitative estimate of drug-likeness (QED) is 0.874. The smallest absolute Gasteiger partial charge is 0.258 e. The fourth-order valence-electron chi connectivity index (χ4n) is 1.30. The number of rotatable bonds is 6. The highest BCUT2D eigenvalue weighted by molar-refractivity contribution is 7.99. The second-order valence-corrected chi connectivity index (χ2v) is 5.87. The van der Waals surface area contributed by atoms with Gasteiger partial charge in [-0.25, -0.2) is 0 Å². The topological polar surface area (TPSA) is 59.2 Å². The Hall–Kier alpha value is -0.850. The van der Waals surface area contributed by atoms with Crippen molar-refractivity contribution in [1.29, 1.82) is 0 Å². The first-order valence-electron chi connectivity index (χ1n) is 5.37. The van der Waals surface area contributed by atoms with Gasteiger partial charge in [0.2, 0.25) is 0 Å². The standard InChI is InChI=1S/C11H14N2O2S2/c1-8(2-4-14)17-7-10-12-11(15-13-10)9-3-5-16-6-9/h3,5-6,8,14H,2,4,7H2,1H3. The van der Waals surface area contributed by atoms with Crippen LogP contribution in [0.3, 0.4) is 0 Å². The highest BCUT2D eigenvalue weighted by atomic mass is 32.2. The molecule has 0 aromatic carbocycles. The van der Waals surface area contributed by atoms with E-state index in [1.165, 1.54) is 0 Å². The lowest BCUT2D eigenvalue weighted by atomic mass is 10.3. The number of aliphatic hydroxyl groups excluding tert-OH is 1. The van der Waals surface area contributed by atoms with E-state index in [0.29, 0.717) is 17.0 Å². The Bertz CT molecular complexity index is 442. The van der Waals surface area contributed by atoms with E-state index < -0.39 is 0 Å². The zero-order valence-electron chi connectivity index (χ0n) is 9.50. The van der Waals surface area contributed by atoms with Crippen LogP contribution in [0.5, 0.6) is 0 Å². The molecule has 92 valence electrons. The predicted octanol–water partition coefficient (Wildman–Crippen LogP) is 2.80. The molecule has 0 radical (unpaired) electrons. The summed E-state index contributed by atoms with van der Waals surface area (Å²) in [5.41, 5.74) is 0.974. The van der Waals surface area contributed by atoms with Gasteiger partial charge in [0.15, 0.2) is 5.82 Å². The lowest BCUT2D eigenvalue weighted by Crippen LogP contribution is -2.00. The molecule has 0 bridgehead atoms. The normalized spacial score (nSPS) is 12.8. The average Bonchev–Trinajstić information content (AvgIpc) is 2.97.